The largest absolute Gasteiger partial charge is 0.369 e. The fraction of sp³-hybridized carbons (Fsp3) is 0.500. The van der Waals surface area contributed by atoms with E-state index in [2.05, 4.69) is 46.0 Å². The molecule has 0 N–H and O–H groups in total. The van der Waals surface area contributed by atoms with Crippen LogP contribution in [0.1, 0.15) is 11.1 Å². The summed E-state index contributed by atoms with van der Waals surface area (Å²) >= 11 is 3.53. The zero-order valence-corrected chi connectivity index (χ0v) is 11.8. The van der Waals surface area contributed by atoms with Gasteiger partial charge in [-0.1, -0.05) is 33.6 Å². The number of aryl methyl sites for hydroxylation is 1. The van der Waals surface area contributed by atoms with Crippen molar-refractivity contribution in [1.82, 2.24) is 0 Å². The van der Waals surface area contributed by atoms with Crippen LogP contribution in [0.25, 0.3) is 0 Å². The highest BCUT2D eigenvalue weighted by Gasteiger charge is 2.17. The van der Waals surface area contributed by atoms with Gasteiger partial charge in [-0.05, 0) is 18.6 Å². The second-order valence-corrected chi connectivity index (χ2v) is 6.36. The van der Waals surface area contributed by atoms with Gasteiger partial charge >= 0.3 is 0 Å². The molecule has 0 aromatic heterocycles. The highest BCUT2D eigenvalue weighted by Crippen LogP contribution is 2.25. The number of hydrogen-bond acceptors (Lipinski definition) is 2. The second-order valence-electron chi connectivity index (χ2n) is 4.10. The summed E-state index contributed by atoms with van der Waals surface area (Å²) in [6.45, 7) is 3.94. The van der Waals surface area contributed by atoms with Crippen molar-refractivity contribution in [2.45, 2.75) is 12.3 Å². The van der Waals surface area contributed by atoms with E-state index in [4.69, 9.17) is 0 Å². The third-order valence-corrected chi connectivity index (χ3v) is 4.78. The lowest BCUT2D eigenvalue weighted by Crippen LogP contribution is -2.38. The molecule has 0 bridgehead atoms. The molecule has 0 aliphatic carbocycles. The van der Waals surface area contributed by atoms with Gasteiger partial charge in [0.25, 0.3) is 0 Å². The predicted molar refractivity (Wildman–Crippen MR) is 73.9 cm³/mol. The SMILES string of the molecule is Cc1ccc(N2CCS(=O)CC2)c(CBr)c1. The molecule has 1 saturated heterocycles. The molecule has 4 heteroatoms. The minimum atomic E-state index is -0.601. The van der Waals surface area contributed by atoms with Crippen LogP contribution in [0.2, 0.25) is 0 Å². The van der Waals surface area contributed by atoms with Crippen molar-refractivity contribution in [2.24, 2.45) is 0 Å². The summed E-state index contributed by atoms with van der Waals surface area (Å²) in [5, 5.41) is 0.879. The highest BCUT2D eigenvalue weighted by molar-refractivity contribution is 9.08. The molecule has 1 aliphatic heterocycles. The van der Waals surface area contributed by atoms with E-state index in [1.165, 1.54) is 16.8 Å². The minimum absolute atomic E-state index is 0.601. The standard InChI is InChI=1S/C12H16BrNOS/c1-10-2-3-12(11(8-10)9-13)14-4-6-16(15)7-5-14/h2-3,8H,4-7,9H2,1H3. The van der Waals surface area contributed by atoms with Crippen LogP contribution in [0.4, 0.5) is 5.69 Å². The molecule has 2 nitrogen and oxygen atoms in total. The van der Waals surface area contributed by atoms with E-state index in [9.17, 15) is 4.21 Å². The van der Waals surface area contributed by atoms with Gasteiger partial charge in [-0.2, -0.15) is 0 Å². The molecular weight excluding hydrogens is 286 g/mol. The first-order valence-corrected chi connectivity index (χ1v) is 8.07. The molecule has 1 aliphatic rings. The number of anilines is 1. The first-order valence-electron chi connectivity index (χ1n) is 5.46. The molecule has 2 rings (SSSR count). The summed E-state index contributed by atoms with van der Waals surface area (Å²) in [5.74, 6) is 1.60. The Morgan fingerprint density at radius 1 is 1.38 bits per heavy atom. The maximum Gasteiger partial charge on any atom is 0.0411 e. The lowest BCUT2D eigenvalue weighted by molar-refractivity contribution is 0.673. The normalized spacial score (nSPS) is 17.8. The molecule has 0 radical (unpaired) electrons. The molecule has 0 saturated carbocycles. The van der Waals surface area contributed by atoms with E-state index in [1.807, 2.05) is 0 Å². The zero-order chi connectivity index (χ0) is 11.5. The highest BCUT2D eigenvalue weighted by atomic mass is 79.9. The summed E-state index contributed by atoms with van der Waals surface area (Å²) in [6, 6.07) is 6.54. The van der Waals surface area contributed by atoms with Crippen molar-refractivity contribution in [2.75, 3.05) is 29.5 Å². The maximum atomic E-state index is 11.3. The number of rotatable bonds is 2. The molecule has 1 aromatic rings. The molecule has 1 fully saturated rings. The van der Waals surface area contributed by atoms with Crippen LogP contribution in [0.5, 0.6) is 0 Å². The number of nitrogens with zero attached hydrogens (tertiary/aromatic N) is 1. The number of halogens is 1. The van der Waals surface area contributed by atoms with E-state index >= 15 is 0 Å². The van der Waals surface area contributed by atoms with Gasteiger partial charge in [-0.25, -0.2) is 0 Å². The Labute approximate surface area is 108 Å². The van der Waals surface area contributed by atoms with Crippen molar-refractivity contribution in [3.8, 4) is 0 Å². The monoisotopic (exact) mass is 301 g/mol. The topological polar surface area (TPSA) is 20.3 Å². The Morgan fingerprint density at radius 3 is 2.69 bits per heavy atom. The Balaban J connectivity index is 2.22. The molecular formula is C12H16BrNOS. The minimum Gasteiger partial charge on any atom is -0.369 e. The van der Waals surface area contributed by atoms with E-state index in [0.29, 0.717) is 0 Å². The van der Waals surface area contributed by atoms with E-state index in [1.54, 1.807) is 0 Å². The maximum absolute atomic E-state index is 11.3. The molecule has 0 atom stereocenters. The fourth-order valence-electron chi connectivity index (χ4n) is 2.01. The summed E-state index contributed by atoms with van der Waals surface area (Å²) in [5.41, 5.74) is 3.91. The lowest BCUT2D eigenvalue weighted by Gasteiger charge is -2.30. The smallest absolute Gasteiger partial charge is 0.0411 e. The van der Waals surface area contributed by atoms with Crippen LogP contribution in [0.15, 0.2) is 18.2 Å². The zero-order valence-electron chi connectivity index (χ0n) is 9.41. The van der Waals surface area contributed by atoms with Gasteiger partial charge in [0.05, 0.1) is 0 Å². The third-order valence-electron chi connectivity index (χ3n) is 2.90. The first kappa shape index (κ1) is 12.1. The molecule has 0 unspecified atom stereocenters. The van der Waals surface area contributed by atoms with Crippen molar-refractivity contribution < 1.29 is 4.21 Å². The quantitative estimate of drug-likeness (QED) is 0.782. The van der Waals surface area contributed by atoms with Gasteiger partial charge in [0.2, 0.25) is 0 Å². The summed E-state index contributed by atoms with van der Waals surface area (Å²) in [4.78, 5) is 2.34. The number of alkyl halides is 1. The second kappa shape index (κ2) is 5.32. The van der Waals surface area contributed by atoms with Gasteiger partial charge in [0, 0.05) is 46.4 Å². The Hall–Kier alpha value is -0.350. The van der Waals surface area contributed by atoms with E-state index in [0.717, 1.165) is 29.9 Å². The van der Waals surface area contributed by atoms with Crippen LogP contribution in [-0.2, 0) is 16.1 Å². The van der Waals surface area contributed by atoms with Crippen molar-refractivity contribution in [1.29, 1.82) is 0 Å². The van der Waals surface area contributed by atoms with Gasteiger partial charge in [0.1, 0.15) is 0 Å². The van der Waals surface area contributed by atoms with E-state index in [-0.39, 0.29) is 0 Å². The van der Waals surface area contributed by atoms with Gasteiger partial charge in [-0.15, -0.1) is 0 Å². The molecule has 1 aromatic carbocycles. The third kappa shape index (κ3) is 2.66. The Kier molecular flexibility index (Phi) is 4.03. The molecule has 88 valence electrons. The van der Waals surface area contributed by atoms with Gasteiger partial charge < -0.3 is 4.90 Å². The average molecular weight is 302 g/mol. The Morgan fingerprint density at radius 2 is 2.06 bits per heavy atom. The van der Waals surface area contributed by atoms with E-state index < -0.39 is 10.8 Å². The number of hydrogen-bond donors (Lipinski definition) is 0. The summed E-state index contributed by atoms with van der Waals surface area (Å²) < 4.78 is 11.3. The van der Waals surface area contributed by atoms with Gasteiger partial charge in [-0.3, -0.25) is 4.21 Å². The van der Waals surface area contributed by atoms with Crippen LogP contribution in [-0.4, -0.2) is 28.8 Å². The van der Waals surface area contributed by atoms with Crippen molar-refractivity contribution in [3.63, 3.8) is 0 Å². The molecule has 16 heavy (non-hydrogen) atoms. The molecule has 0 spiro atoms. The lowest BCUT2D eigenvalue weighted by atomic mass is 10.1. The van der Waals surface area contributed by atoms with Crippen LogP contribution in [0, 0.1) is 6.92 Å². The summed E-state index contributed by atoms with van der Waals surface area (Å²) in [7, 11) is -0.601. The fourth-order valence-corrected chi connectivity index (χ4v) is 3.51. The molecule has 1 heterocycles. The predicted octanol–water partition coefficient (Wildman–Crippen LogP) is 2.46. The number of benzene rings is 1. The first-order chi connectivity index (χ1) is 7.70. The Bertz CT molecular complexity index is 398. The van der Waals surface area contributed by atoms with Crippen LogP contribution < -0.4 is 4.90 Å². The average Bonchev–Trinajstić information content (AvgIpc) is 2.30. The van der Waals surface area contributed by atoms with Crippen LogP contribution in [0.3, 0.4) is 0 Å². The van der Waals surface area contributed by atoms with Crippen molar-refractivity contribution >= 4 is 32.4 Å². The van der Waals surface area contributed by atoms with Crippen LogP contribution >= 0.6 is 15.9 Å². The summed E-state index contributed by atoms with van der Waals surface area (Å²) in [6.07, 6.45) is 0. The molecule has 0 amide bonds. The van der Waals surface area contributed by atoms with Crippen molar-refractivity contribution in [3.05, 3.63) is 29.3 Å². The van der Waals surface area contributed by atoms with Gasteiger partial charge in [0.15, 0.2) is 0 Å².